The van der Waals surface area contributed by atoms with Gasteiger partial charge in [-0.2, -0.15) is 0 Å². The van der Waals surface area contributed by atoms with Crippen molar-refractivity contribution in [3.63, 3.8) is 0 Å². The number of hydrogen-bond acceptors (Lipinski definition) is 3. The van der Waals surface area contributed by atoms with Crippen molar-refractivity contribution in [2.75, 3.05) is 20.3 Å². The van der Waals surface area contributed by atoms with Gasteiger partial charge in [0.05, 0.1) is 20.3 Å². The maximum Gasteiger partial charge on any atom is 0.154 e. The molecule has 3 nitrogen and oxygen atoms in total. The SMILES string of the molecule is COc1ccc(C#Cc2ccc(C3COC(C)OC3)cc2)cc1. The van der Waals surface area contributed by atoms with E-state index in [1.807, 2.05) is 43.3 Å². The molecule has 0 N–H and O–H groups in total. The first-order valence-electron chi connectivity index (χ1n) is 7.74. The molecule has 2 aromatic carbocycles. The molecule has 0 atom stereocenters. The van der Waals surface area contributed by atoms with Crippen LogP contribution in [0.2, 0.25) is 0 Å². The van der Waals surface area contributed by atoms with Crippen molar-refractivity contribution < 1.29 is 14.2 Å². The molecule has 1 aliphatic rings. The third-order valence-corrected chi connectivity index (χ3v) is 3.89. The predicted octanol–water partition coefficient (Wildman–Crippen LogP) is 3.57. The van der Waals surface area contributed by atoms with Crippen molar-refractivity contribution in [3.05, 3.63) is 65.2 Å². The summed E-state index contributed by atoms with van der Waals surface area (Å²) in [5.74, 6) is 7.48. The Hall–Kier alpha value is -2.28. The van der Waals surface area contributed by atoms with E-state index in [-0.39, 0.29) is 6.29 Å². The van der Waals surface area contributed by atoms with Gasteiger partial charge in [0.15, 0.2) is 6.29 Å². The summed E-state index contributed by atoms with van der Waals surface area (Å²) in [5, 5.41) is 0. The second-order valence-electron chi connectivity index (χ2n) is 5.53. The fraction of sp³-hybridized carbons (Fsp3) is 0.300. The molecule has 0 saturated carbocycles. The molecule has 0 spiro atoms. The van der Waals surface area contributed by atoms with E-state index < -0.39 is 0 Å². The van der Waals surface area contributed by atoms with E-state index in [2.05, 4.69) is 24.0 Å². The van der Waals surface area contributed by atoms with Gasteiger partial charge in [-0.3, -0.25) is 0 Å². The van der Waals surface area contributed by atoms with Gasteiger partial charge in [-0.1, -0.05) is 24.0 Å². The highest BCUT2D eigenvalue weighted by Gasteiger charge is 2.20. The molecule has 0 unspecified atom stereocenters. The smallest absolute Gasteiger partial charge is 0.154 e. The van der Waals surface area contributed by atoms with Crippen LogP contribution in [0, 0.1) is 11.8 Å². The number of ether oxygens (including phenoxy) is 3. The zero-order valence-electron chi connectivity index (χ0n) is 13.4. The van der Waals surface area contributed by atoms with Gasteiger partial charge >= 0.3 is 0 Å². The first-order chi connectivity index (χ1) is 11.2. The molecule has 3 heteroatoms. The van der Waals surface area contributed by atoms with E-state index in [0.717, 1.165) is 16.9 Å². The minimum Gasteiger partial charge on any atom is -0.497 e. The minimum absolute atomic E-state index is 0.0964. The van der Waals surface area contributed by atoms with Crippen LogP contribution in [-0.2, 0) is 9.47 Å². The van der Waals surface area contributed by atoms with Crippen LogP contribution in [0.4, 0.5) is 0 Å². The van der Waals surface area contributed by atoms with Crippen LogP contribution in [0.3, 0.4) is 0 Å². The fourth-order valence-electron chi connectivity index (χ4n) is 2.45. The highest BCUT2D eigenvalue weighted by molar-refractivity contribution is 5.45. The average Bonchev–Trinajstić information content (AvgIpc) is 2.61. The molecule has 0 aliphatic carbocycles. The van der Waals surface area contributed by atoms with Crippen molar-refractivity contribution >= 4 is 0 Å². The largest absolute Gasteiger partial charge is 0.497 e. The van der Waals surface area contributed by atoms with Crippen LogP contribution in [0.1, 0.15) is 29.5 Å². The average molecular weight is 308 g/mol. The summed E-state index contributed by atoms with van der Waals surface area (Å²) in [5.41, 5.74) is 3.19. The van der Waals surface area contributed by atoms with Gasteiger partial charge in [-0.25, -0.2) is 0 Å². The second kappa shape index (κ2) is 7.32. The van der Waals surface area contributed by atoms with Crippen LogP contribution < -0.4 is 4.74 Å². The summed E-state index contributed by atoms with van der Waals surface area (Å²) in [6.45, 7) is 3.34. The quantitative estimate of drug-likeness (QED) is 0.794. The van der Waals surface area contributed by atoms with Crippen LogP contribution in [0.15, 0.2) is 48.5 Å². The summed E-state index contributed by atoms with van der Waals surface area (Å²) in [7, 11) is 1.66. The highest BCUT2D eigenvalue weighted by atomic mass is 16.7. The normalized spacial score (nSPS) is 20.4. The molecule has 1 saturated heterocycles. The zero-order valence-corrected chi connectivity index (χ0v) is 13.4. The Kier molecular flexibility index (Phi) is 4.97. The summed E-state index contributed by atoms with van der Waals surface area (Å²) in [6.07, 6.45) is -0.0964. The molecular weight excluding hydrogens is 288 g/mol. The van der Waals surface area contributed by atoms with Crippen LogP contribution >= 0.6 is 0 Å². The summed E-state index contributed by atoms with van der Waals surface area (Å²) < 4.78 is 16.2. The fourth-order valence-corrected chi connectivity index (χ4v) is 2.45. The topological polar surface area (TPSA) is 27.7 Å². The summed E-state index contributed by atoms with van der Waals surface area (Å²) in [4.78, 5) is 0. The minimum atomic E-state index is -0.0964. The van der Waals surface area contributed by atoms with Crippen molar-refractivity contribution in [3.8, 4) is 17.6 Å². The number of benzene rings is 2. The molecule has 0 radical (unpaired) electrons. The summed E-state index contributed by atoms with van der Waals surface area (Å²) >= 11 is 0. The number of hydrogen-bond donors (Lipinski definition) is 0. The maximum absolute atomic E-state index is 5.54. The number of rotatable bonds is 2. The molecule has 1 aliphatic heterocycles. The maximum atomic E-state index is 5.54. The molecule has 2 aromatic rings. The molecule has 3 rings (SSSR count). The lowest BCUT2D eigenvalue weighted by Gasteiger charge is -2.27. The monoisotopic (exact) mass is 308 g/mol. The Labute approximate surface area is 137 Å². The lowest BCUT2D eigenvalue weighted by atomic mass is 9.99. The van der Waals surface area contributed by atoms with Gasteiger partial charge < -0.3 is 14.2 Å². The van der Waals surface area contributed by atoms with Crippen molar-refractivity contribution in [1.29, 1.82) is 0 Å². The number of methoxy groups -OCH3 is 1. The summed E-state index contributed by atoms with van der Waals surface area (Å²) in [6, 6.07) is 16.0. The van der Waals surface area contributed by atoms with Gasteiger partial charge in [0.2, 0.25) is 0 Å². The van der Waals surface area contributed by atoms with E-state index >= 15 is 0 Å². The van der Waals surface area contributed by atoms with Crippen molar-refractivity contribution in [2.24, 2.45) is 0 Å². The molecule has 0 amide bonds. The highest BCUT2D eigenvalue weighted by Crippen LogP contribution is 2.22. The van der Waals surface area contributed by atoms with E-state index in [1.54, 1.807) is 7.11 Å². The molecule has 1 heterocycles. The lowest BCUT2D eigenvalue weighted by molar-refractivity contribution is -0.176. The molecule has 1 fully saturated rings. The Morgan fingerprint density at radius 2 is 1.39 bits per heavy atom. The van der Waals surface area contributed by atoms with Crippen LogP contribution in [-0.4, -0.2) is 26.6 Å². The van der Waals surface area contributed by atoms with Gasteiger partial charge in [0, 0.05) is 17.0 Å². The third-order valence-electron chi connectivity index (χ3n) is 3.89. The van der Waals surface area contributed by atoms with Gasteiger partial charge in [-0.15, -0.1) is 0 Å². The Morgan fingerprint density at radius 1 is 0.870 bits per heavy atom. The van der Waals surface area contributed by atoms with E-state index in [1.165, 1.54) is 5.56 Å². The van der Waals surface area contributed by atoms with Crippen molar-refractivity contribution in [2.45, 2.75) is 19.1 Å². The zero-order chi connectivity index (χ0) is 16.1. The third kappa shape index (κ3) is 4.13. The van der Waals surface area contributed by atoms with Gasteiger partial charge in [-0.05, 0) is 48.9 Å². The standard InChI is InChI=1S/C20H20O3/c1-15-22-13-19(14-23-15)18-9-5-16(6-10-18)3-4-17-7-11-20(21-2)12-8-17/h5-12,15,19H,13-14H2,1-2H3. The Morgan fingerprint density at radius 3 is 1.91 bits per heavy atom. The van der Waals surface area contributed by atoms with Gasteiger partial charge in [0.1, 0.15) is 5.75 Å². The molecular formula is C20H20O3. The van der Waals surface area contributed by atoms with Crippen LogP contribution in [0.25, 0.3) is 0 Å². The lowest BCUT2D eigenvalue weighted by Crippen LogP contribution is -2.28. The van der Waals surface area contributed by atoms with Gasteiger partial charge in [0.25, 0.3) is 0 Å². The first-order valence-corrected chi connectivity index (χ1v) is 7.74. The second-order valence-corrected chi connectivity index (χ2v) is 5.53. The van der Waals surface area contributed by atoms with E-state index in [9.17, 15) is 0 Å². The predicted molar refractivity (Wildman–Crippen MR) is 89.5 cm³/mol. The van der Waals surface area contributed by atoms with E-state index in [4.69, 9.17) is 14.2 Å². The van der Waals surface area contributed by atoms with Crippen molar-refractivity contribution in [1.82, 2.24) is 0 Å². The molecule has 0 aromatic heterocycles. The van der Waals surface area contributed by atoms with Crippen LogP contribution in [0.5, 0.6) is 5.75 Å². The molecule has 118 valence electrons. The molecule has 23 heavy (non-hydrogen) atoms. The van der Waals surface area contributed by atoms with E-state index in [0.29, 0.717) is 19.1 Å². The molecule has 0 bridgehead atoms. The Balaban J connectivity index is 1.66. The Bertz CT molecular complexity index is 684. The first kappa shape index (κ1) is 15.6.